The summed E-state index contributed by atoms with van der Waals surface area (Å²) in [4.78, 5) is 58.7. The Balaban J connectivity index is 0.987. The maximum Gasteiger partial charge on any atom is 0.305 e. The Morgan fingerprint density at radius 2 is 1.67 bits per heavy atom. The van der Waals surface area contributed by atoms with E-state index < -0.39 is 0 Å². The lowest BCUT2D eigenvalue weighted by molar-refractivity contribution is -0.123. The summed E-state index contributed by atoms with van der Waals surface area (Å²) >= 11 is 6.33. The highest BCUT2D eigenvalue weighted by molar-refractivity contribution is 9.10. The number of aromatic nitrogens is 1. The smallest absolute Gasteiger partial charge is 0.305 e. The van der Waals surface area contributed by atoms with Gasteiger partial charge in [-0.15, -0.1) is 11.8 Å². The molecule has 3 amide bonds. The molecular weight excluding hydrogens is 710 g/mol. The summed E-state index contributed by atoms with van der Waals surface area (Å²) in [5, 5.41) is 5.99. The number of imide groups is 1. The molecule has 3 heterocycles. The van der Waals surface area contributed by atoms with Crippen molar-refractivity contribution in [2.45, 2.75) is 22.6 Å². The number of rotatable bonds is 6. The predicted octanol–water partition coefficient (Wildman–Crippen LogP) is 7.05. The number of ether oxygens (including phenoxy) is 1. The van der Waals surface area contributed by atoms with Crippen LogP contribution in [0, 0.1) is 29.6 Å². The standard InChI is InChI=1S/C37H28BrN3O5S2/c38-21-9-12-23(13-10-21)41-35(43)30-25-16-26(31(30)36(41)44)32-29(25)28(33-34(47-32)40-37(45)48-33)20-6-3-7-24(15-20)46-17-27(42)39-22-11-8-18-4-1-2-5-19(18)14-22/h1-15,25-26,28-32H,16-17H2,(H,39,42)(H,40,45)/t25-,26-,28-,29?,30?,31?,32?/m1/s1. The van der Waals surface area contributed by atoms with Gasteiger partial charge in [-0.25, -0.2) is 0 Å². The van der Waals surface area contributed by atoms with Gasteiger partial charge in [0.25, 0.3) is 5.91 Å². The molecule has 7 atom stereocenters. The van der Waals surface area contributed by atoms with E-state index in [0.29, 0.717) is 17.1 Å². The number of amides is 3. The number of carbonyl (C=O) groups excluding carboxylic acids is 3. The van der Waals surface area contributed by atoms with Gasteiger partial charge in [-0.2, -0.15) is 0 Å². The molecule has 2 saturated carbocycles. The van der Waals surface area contributed by atoms with E-state index in [4.69, 9.17) is 4.74 Å². The van der Waals surface area contributed by atoms with Crippen LogP contribution in [0.1, 0.15) is 22.8 Å². The van der Waals surface area contributed by atoms with Crippen molar-refractivity contribution in [2.75, 3.05) is 16.8 Å². The second-order valence-corrected chi connectivity index (χ2v) is 16.0. The zero-order valence-electron chi connectivity index (χ0n) is 25.3. The Bertz CT molecular complexity index is 2200. The third-order valence-electron chi connectivity index (χ3n) is 10.4. The molecule has 2 aliphatic carbocycles. The van der Waals surface area contributed by atoms with E-state index in [1.54, 1.807) is 11.8 Å². The molecule has 4 aliphatic rings. The van der Waals surface area contributed by atoms with Crippen LogP contribution in [0.4, 0.5) is 11.4 Å². The van der Waals surface area contributed by atoms with E-state index in [0.717, 1.165) is 37.1 Å². The van der Waals surface area contributed by atoms with Gasteiger partial charge in [-0.3, -0.25) is 24.1 Å². The highest BCUT2D eigenvalue weighted by Gasteiger charge is 2.69. The summed E-state index contributed by atoms with van der Waals surface area (Å²) in [6.07, 6.45) is 0.810. The summed E-state index contributed by atoms with van der Waals surface area (Å²) in [7, 11) is 0. The summed E-state index contributed by atoms with van der Waals surface area (Å²) in [6.45, 7) is -0.164. The van der Waals surface area contributed by atoms with Gasteiger partial charge >= 0.3 is 4.87 Å². The fourth-order valence-electron chi connectivity index (χ4n) is 8.65. The molecule has 2 aliphatic heterocycles. The van der Waals surface area contributed by atoms with Crippen LogP contribution in [0.25, 0.3) is 10.8 Å². The van der Waals surface area contributed by atoms with Gasteiger partial charge in [-0.1, -0.05) is 69.7 Å². The number of hydrogen-bond acceptors (Lipinski definition) is 7. The lowest BCUT2D eigenvalue weighted by Gasteiger charge is -2.43. The van der Waals surface area contributed by atoms with Crippen LogP contribution in [0.5, 0.6) is 5.75 Å². The molecule has 1 aromatic heterocycles. The largest absolute Gasteiger partial charge is 0.484 e. The lowest BCUT2D eigenvalue weighted by atomic mass is 9.68. The molecule has 9 rings (SSSR count). The van der Waals surface area contributed by atoms with Gasteiger partial charge < -0.3 is 15.0 Å². The van der Waals surface area contributed by atoms with E-state index in [1.807, 2.05) is 91.0 Å². The Morgan fingerprint density at radius 3 is 2.48 bits per heavy atom. The summed E-state index contributed by atoms with van der Waals surface area (Å²) < 4.78 is 6.89. The van der Waals surface area contributed by atoms with Gasteiger partial charge in [0, 0.05) is 26.2 Å². The van der Waals surface area contributed by atoms with E-state index in [9.17, 15) is 19.2 Å². The highest BCUT2D eigenvalue weighted by atomic mass is 79.9. The fraction of sp³-hybridized carbons (Fsp3) is 0.243. The molecule has 0 radical (unpaired) electrons. The zero-order chi connectivity index (χ0) is 32.7. The van der Waals surface area contributed by atoms with Gasteiger partial charge in [0.2, 0.25) is 11.8 Å². The molecule has 2 N–H and O–H groups in total. The first-order valence-corrected chi connectivity index (χ1v) is 18.4. The molecule has 48 heavy (non-hydrogen) atoms. The number of fused-ring (bicyclic) bond motifs is 10. The van der Waals surface area contributed by atoms with Crippen LogP contribution in [0.15, 0.2) is 105 Å². The molecule has 4 aromatic carbocycles. The predicted molar refractivity (Wildman–Crippen MR) is 190 cm³/mol. The topological polar surface area (TPSA) is 109 Å². The maximum absolute atomic E-state index is 14.0. The molecule has 240 valence electrons. The van der Waals surface area contributed by atoms with Crippen molar-refractivity contribution < 1.29 is 19.1 Å². The minimum atomic E-state index is -0.383. The summed E-state index contributed by atoms with van der Waals surface area (Å²) in [5.41, 5.74) is 2.27. The number of halogens is 1. The number of anilines is 2. The highest BCUT2D eigenvalue weighted by Crippen LogP contribution is 2.68. The van der Waals surface area contributed by atoms with Crippen LogP contribution in [-0.4, -0.2) is 34.6 Å². The fourth-order valence-corrected chi connectivity index (χ4v) is 11.8. The Labute approximate surface area is 292 Å². The summed E-state index contributed by atoms with van der Waals surface area (Å²) in [6, 6.07) is 28.8. The van der Waals surface area contributed by atoms with Crippen molar-refractivity contribution >= 4 is 78.9 Å². The molecular formula is C37H28BrN3O5S2. The minimum absolute atomic E-state index is 0.00190. The van der Waals surface area contributed by atoms with Crippen LogP contribution in [0.2, 0.25) is 0 Å². The van der Waals surface area contributed by atoms with Crippen LogP contribution in [0.3, 0.4) is 0 Å². The second-order valence-electron chi connectivity index (χ2n) is 12.9. The lowest BCUT2D eigenvalue weighted by Crippen LogP contribution is -2.42. The first-order chi connectivity index (χ1) is 23.3. The normalized spacial score (nSPS) is 26.8. The van der Waals surface area contributed by atoms with Crippen molar-refractivity contribution in [3.63, 3.8) is 0 Å². The maximum atomic E-state index is 14.0. The van der Waals surface area contributed by atoms with E-state index in [1.165, 1.54) is 16.2 Å². The van der Waals surface area contributed by atoms with Crippen molar-refractivity contribution in [3.8, 4) is 5.75 Å². The average molecular weight is 739 g/mol. The van der Waals surface area contributed by atoms with Gasteiger partial charge in [0.15, 0.2) is 6.61 Å². The van der Waals surface area contributed by atoms with Crippen LogP contribution in [-0.2, 0) is 14.4 Å². The Kier molecular flexibility index (Phi) is 7.14. The number of thiazole rings is 1. The number of nitrogens with one attached hydrogen (secondary N) is 2. The molecule has 4 unspecified atom stereocenters. The number of aromatic amines is 1. The van der Waals surface area contributed by atoms with Gasteiger partial charge in [0.05, 0.1) is 22.5 Å². The van der Waals surface area contributed by atoms with Crippen LogP contribution >= 0.6 is 39.0 Å². The number of H-pyrrole nitrogens is 1. The third-order valence-corrected chi connectivity index (χ3v) is 13.5. The first-order valence-electron chi connectivity index (χ1n) is 15.9. The third kappa shape index (κ3) is 4.77. The number of benzene rings is 4. The molecule has 0 spiro atoms. The van der Waals surface area contributed by atoms with Crippen molar-refractivity contribution in [3.05, 3.63) is 116 Å². The minimum Gasteiger partial charge on any atom is -0.484 e. The van der Waals surface area contributed by atoms with Gasteiger partial charge in [0.1, 0.15) is 5.75 Å². The van der Waals surface area contributed by atoms with Gasteiger partial charge in [-0.05, 0) is 89.0 Å². The van der Waals surface area contributed by atoms with E-state index in [2.05, 4.69) is 26.2 Å². The first kappa shape index (κ1) is 29.9. The molecule has 11 heteroatoms. The number of hydrogen-bond donors (Lipinski definition) is 2. The second kappa shape index (κ2) is 11.5. The molecule has 3 fully saturated rings. The molecule has 2 bridgehead atoms. The zero-order valence-corrected chi connectivity index (χ0v) is 28.5. The number of thioether (sulfide) groups is 1. The van der Waals surface area contributed by atoms with Crippen molar-refractivity contribution in [2.24, 2.45) is 29.6 Å². The Hall–Kier alpha value is -4.19. The quantitative estimate of drug-likeness (QED) is 0.181. The van der Waals surface area contributed by atoms with E-state index in [-0.39, 0.29) is 70.0 Å². The SMILES string of the molecule is O=C(COc1cccc([C@H]2c3sc(=O)[nH]c3SC3C2[C@H]2C[C@@H]3C3C(=O)N(c4ccc(Br)cc4)C(=O)C32)c1)Nc1ccc2ccccc2c1. The van der Waals surface area contributed by atoms with Crippen LogP contribution < -0.4 is 19.8 Å². The monoisotopic (exact) mass is 737 g/mol. The van der Waals surface area contributed by atoms with E-state index >= 15 is 0 Å². The summed E-state index contributed by atoms with van der Waals surface area (Å²) in [5.74, 6) is -0.744. The molecule has 5 aromatic rings. The Morgan fingerprint density at radius 1 is 0.896 bits per heavy atom. The number of nitrogens with zero attached hydrogens (tertiary/aromatic N) is 1. The average Bonchev–Trinajstić information content (AvgIpc) is 3.83. The van der Waals surface area contributed by atoms with Crippen molar-refractivity contribution in [1.29, 1.82) is 0 Å². The molecule has 1 saturated heterocycles. The number of carbonyl (C=O) groups is 3. The van der Waals surface area contributed by atoms with Crippen molar-refractivity contribution in [1.82, 2.24) is 4.98 Å². The molecule has 8 nitrogen and oxygen atoms in total.